The highest BCUT2D eigenvalue weighted by Crippen LogP contribution is 2.29. The van der Waals surface area contributed by atoms with Gasteiger partial charge in [0.05, 0.1) is 5.75 Å². The minimum absolute atomic E-state index is 0.151. The predicted octanol–water partition coefficient (Wildman–Crippen LogP) is 4.48. The first-order valence-corrected chi connectivity index (χ1v) is 11.0. The van der Waals surface area contributed by atoms with Crippen molar-refractivity contribution >= 4 is 29.3 Å². The van der Waals surface area contributed by atoms with Crippen LogP contribution in [0.4, 0.5) is 0 Å². The van der Waals surface area contributed by atoms with Crippen LogP contribution in [0.3, 0.4) is 0 Å². The summed E-state index contributed by atoms with van der Waals surface area (Å²) in [6.45, 7) is 2.96. The van der Waals surface area contributed by atoms with Crippen molar-refractivity contribution in [3.05, 3.63) is 53.8 Å². The van der Waals surface area contributed by atoms with Crippen LogP contribution in [-0.2, 0) is 4.79 Å². The Morgan fingerprint density at radius 2 is 1.90 bits per heavy atom. The minimum Gasteiger partial charge on any atom is -0.339 e. The van der Waals surface area contributed by atoms with Gasteiger partial charge in [0.15, 0.2) is 11.0 Å². The van der Waals surface area contributed by atoms with Crippen molar-refractivity contribution in [2.24, 2.45) is 0 Å². The highest BCUT2D eigenvalue weighted by Gasteiger charge is 2.24. The average Bonchev–Trinajstić information content (AvgIpc) is 3.17. The third-order valence-corrected chi connectivity index (χ3v) is 6.27. The zero-order valence-corrected chi connectivity index (χ0v) is 17.7. The quantitative estimate of drug-likeness (QED) is 0.562. The van der Waals surface area contributed by atoms with E-state index in [0.717, 1.165) is 30.6 Å². The van der Waals surface area contributed by atoms with Crippen molar-refractivity contribution in [2.75, 3.05) is 12.3 Å². The molecule has 2 aromatic heterocycles. The van der Waals surface area contributed by atoms with Crippen molar-refractivity contribution in [3.8, 4) is 17.1 Å². The Morgan fingerprint density at radius 1 is 1.14 bits per heavy atom. The number of thioether (sulfide) groups is 1. The van der Waals surface area contributed by atoms with Crippen molar-refractivity contribution in [3.63, 3.8) is 0 Å². The molecule has 1 aromatic carbocycles. The normalized spacial score (nSPS) is 16.8. The van der Waals surface area contributed by atoms with Gasteiger partial charge in [-0.15, -0.1) is 10.2 Å². The second-order valence-corrected chi connectivity index (χ2v) is 8.45. The number of carbonyl (C=O) groups excluding carboxylic acids is 1. The molecule has 1 aliphatic rings. The van der Waals surface area contributed by atoms with Gasteiger partial charge in [0.1, 0.15) is 0 Å². The number of nitrogens with zero attached hydrogens (tertiary/aromatic N) is 5. The first-order chi connectivity index (χ1) is 14.1. The Labute approximate surface area is 179 Å². The van der Waals surface area contributed by atoms with Gasteiger partial charge in [0, 0.05) is 41.3 Å². The molecule has 1 amide bonds. The summed E-state index contributed by atoms with van der Waals surface area (Å²) in [6, 6.07) is 11.6. The van der Waals surface area contributed by atoms with Gasteiger partial charge in [-0.25, -0.2) is 0 Å². The maximum absolute atomic E-state index is 12.8. The molecule has 150 valence electrons. The highest BCUT2D eigenvalue weighted by molar-refractivity contribution is 7.99. The van der Waals surface area contributed by atoms with Crippen molar-refractivity contribution in [1.82, 2.24) is 24.6 Å². The van der Waals surface area contributed by atoms with E-state index in [0.29, 0.717) is 27.8 Å². The number of halogens is 1. The molecule has 4 rings (SSSR count). The van der Waals surface area contributed by atoms with Gasteiger partial charge in [0.25, 0.3) is 0 Å². The molecule has 1 saturated heterocycles. The first-order valence-electron chi connectivity index (χ1n) is 9.67. The largest absolute Gasteiger partial charge is 0.339 e. The van der Waals surface area contributed by atoms with Gasteiger partial charge >= 0.3 is 0 Å². The summed E-state index contributed by atoms with van der Waals surface area (Å²) in [4.78, 5) is 18.8. The van der Waals surface area contributed by atoms with E-state index < -0.39 is 0 Å². The molecule has 0 saturated carbocycles. The molecule has 3 heterocycles. The number of carbonyl (C=O) groups is 1. The molecule has 0 bridgehead atoms. The summed E-state index contributed by atoms with van der Waals surface area (Å²) in [5.74, 6) is 1.20. The van der Waals surface area contributed by atoms with Crippen molar-refractivity contribution in [2.45, 2.75) is 37.4 Å². The highest BCUT2D eigenvalue weighted by atomic mass is 35.5. The Bertz CT molecular complexity index is 976. The van der Waals surface area contributed by atoms with Crippen LogP contribution in [0.5, 0.6) is 0 Å². The average molecular weight is 428 g/mol. The SMILES string of the molecule is C[C@H]1CCCCN1C(=O)CSc1nnc(-c2ccncc2)n1-c1ccc(Cl)cc1. The standard InChI is InChI=1S/C21H22ClN5OS/c1-15-4-2-3-13-26(15)19(28)14-29-21-25-24-20(16-9-11-23-12-10-16)27(21)18-7-5-17(22)6-8-18/h5-12,15H,2-4,13-14H2,1H3/t15-/m0/s1. The van der Waals surface area contributed by atoms with E-state index in [1.807, 2.05) is 45.9 Å². The second-order valence-electron chi connectivity index (χ2n) is 7.07. The molecule has 1 fully saturated rings. The van der Waals surface area contributed by atoms with Crippen LogP contribution in [0, 0.1) is 0 Å². The van der Waals surface area contributed by atoms with Gasteiger partial charge in [0.2, 0.25) is 5.91 Å². The van der Waals surface area contributed by atoms with Crippen LogP contribution in [0.15, 0.2) is 53.9 Å². The number of hydrogen-bond acceptors (Lipinski definition) is 5. The third kappa shape index (κ3) is 4.46. The molecule has 0 spiro atoms. The van der Waals surface area contributed by atoms with Crippen molar-refractivity contribution < 1.29 is 4.79 Å². The Kier molecular flexibility index (Phi) is 6.16. The van der Waals surface area contributed by atoms with Gasteiger partial charge in [-0.2, -0.15) is 0 Å². The third-order valence-electron chi connectivity index (χ3n) is 5.10. The zero-order chi connectivity index (χ0) is 20.2. The Morgan fingerprint density at radius 3 is 2.62 bits per heavy atom. The van der Waals surface area contributed by atoms with E-state index in [2.05, 4.69) is 22.1 Å². The fraction of sp³-hybridized carbons (Fsp3) is 0.333. The van der Waals surface area contributed by atoms with Crippen LogP contribution in [-0.4, -0.2) is 48.9 Å². The summed E-state index contributed by atoms with van der Waals surface area (Å²) in [7, 11) is 0. The Balaban J connectivity index is 1.62. The molecule has 0 N–H and O–H groups in total. The number of aromatic nitrogens is 4. The number of amides is 1. The van der Waals surface area contributed by atoms with Crippen LogP contribution >= 0.6 is 23.4 Å². The van der Waals surface area contributed by atoms with Gasteiger partial charge in [-0.05, 0) is 62.6 Å². The van der Waals surface area contributed by atoms with Crippen LogP contribution in [0.25, 0.3) is 17.1 Å². The van der Waals surface area contributed by atoms with Crippen LogP contribution in [0.2, 0.25) is 5.02 Å². The lowest BCUT2D eigenvalue weighted by atomic mass is 10.0. The fourth-order valence-corrected chi connectivity index (χ4v) is 4.52. The summed E-state index contributed by atoms with van der Waals surface area (Å²) in [6.07, 6.45) is 6.80. The number of pyridine rings is 1. The van der Waals surface area contributed by atoms with E-state index in [-0.39, 0.29) is 5.91 Å². The predicted molar refractivity (Wildman–Crippen MR) is 115 cm³/mol. The van der Waals surface area contributed by atoms with E-state index in [1.165, 1.54) is 18.2 Å². The summed E-state index contributed by atoms with van der Waals surface area (Å²) in [5.41, 5.74) is 1.80. The monoisotopic (exact) mass is 427 g/mol. The number of piperidine rings is 1. The van der Waals surface area contributed by atoms with Gasteiger partial charge in [-0.1, -0.05) is 23.4 Å². The number of rotatable bonds is 5. The lowest BCUT2D eigenvalue weighted by Crippen LogP contribution is -2.42. The minimum atomic E-state index is 0.151. The first kappa shape index (κ1) is 19.9. The topological polar surface area (TPSA) is 63.9 Å². The molecular formula is C21H22ClN5OS. The number of hydrogen-bond donors (Lipinski definition) is 0. The molecule has 0 aliphatic carbocycles. The number of benzene rings is 1. The molecule has 3 aromatic rings. The van der Waals surface area contributed by atoms with Crippen LogP contribution < -0.4 is 0 Å². The molecule has 0 unspecified atom stereocenters. The summed E-state index contributed by atoms with van der Waals surface area (Å²) >= 11 is 7.48. The fourth-order valence-electron chi connectivity index (χ4n) is 3.55. The van der Waals surface area contributed by atoms with E-state index in [1.54, 1.807) is 12.4 Å². The summed E-state index contributed by atoms with van der Waals surface area (Å²) < 4.78 is 1.96. The molecule has 6 nitrogen and oxygen atoms in total. The van der Waals surface area contributed by atoms with Crippen LogP contribution in [0.1, 0.15) is 26.2 Å². The molecule has 1 aliphatic heterocycles. The second kappa shape index (κ2) is 8.97. The van der Waals surface area contributed by atoms with Gasteiger partial charge < -0.3 is 4.90 Å². The molecule has 8 heteroatoms. The number of likely N-dealkylation sites (tertiary alicyclic amines) is 1. The zero-order valence-electron chi connectivity index (χ0n) is 16.2. The van der Waals surface area contributed by atoms with E-state index in [4.69, 9.17) is 11.6 Å². The smallest absolute Gasteiger partial charge is 0.233 e. The maximum atomic E-state index is 12.8. The van der Waals surface area contributed by atoms with E-state index >= 15 is 0 Å². The molecular weight excluding hydrogens is 406 g/mol. The molecule has 0 radical (unpaired) electrons. The Hall–Kier alpha value is -2.38. The maximum Gasteiger partial charge on any atom is 0.233 e. The lowest BCUT2D eigenvalue weighted by Gasteiger charge is -2.33. The lowest BCUT2D eigenvalue weighted by molar-refractivity contribution is -0.131. The molecule has 29 heavy (non-hydrogen) atoms. The molecule has 1 atom stereocenters. The summed E-state index contributed by atoms with van der Waals surface area (Å²) in [5, 5.41) is 10.1. The van der Waals surface area contributed by atoms with Crippen molar-refractivity contribution in [1.29, 1.82) is 0 Å². The van der Waals surface area contributed by atoms with Gasteiger partial charge in [-0.3, -0.25) is 14.3 Å². The van der Waals surface area contributed by atoms with E-state index in [9.17, 15) is 4.79 Å².